The average molecular weight is 408 g/mol. The predicted molar refractivity (Wildman–Crippen MR) is 112 cm³/mol. The van der Waals surface area contributed by atoms with Crippen molar-refractivity contribution in [3.63, 3.8) is 0 Å². The van der Waals surface area contributed by atoms with Gasteiger partial charge in [0.2, 0.25) is 5.91 Å². The molecule has 1 aromatic heterocycles. The molecule has 0 aliphatic carbocycles. The lowest BCUT2D eigenvalue weighted by atomic mass is 10.0. The Morgan fingerprint density at radius 3 is 2.45 bits per heavy atom. The van der Waals surface area contributed by atoms with Crippen LogP contribution in [0, 0.1) is 12.8 Å². The van der Waals surface area contributed by atoms with Crippen LogP contribution in [0.2, 0.25) is 0 Å². The maximum absolute atomic E-state index is 12.7. The van der Waals surface area contributed by atoms with Gasteiger partial charge in [-0.1, -0.05) is 13.8 Å². The van der Waals surface area contributed by atoms with Crippen LogP contribution in [0.1, 0.15) is 26.0 Å². The molecule has 2 rings (SSSR count). The number of aromatic nitrogens is 1. The van der Waals surface area contributed by atoms with Gasteiger partial charge >= 0.3 is 6.03 Å². The fraction of sp³-hybridized carbons (Fsp3) is 0.600. The predicted octanol–water partition coefficient (Wildman–Crippen LogP) is 1.43. The summed E-state index contributed by atoms with van der Waals surface area (Å²) in [5.41, 5.74) is 2.13. The summed E-state index contributed by atoms with van der Waals surface area (Å²) in [7, 11) is 3.43. The molecule has 0 aromatic carbocycles. The maximum atomic E-state index is 12.7. The third-order valence-corrected chi connectivity index (χ3v) is 4.68. The normalized spacial score (nSPS) is 15.0. The molecule has 9 heteroatoms. The van der Waals surface area contributed by atoms with Gasteiger partial charge in [-0.05, 0) is 31.4 Å². The molecule has 1 unspecified atom stereocenters. The van der Waals surface area contributed by atoms with Crippen LogP contribution in [0.4, 0.5) is 10.5 Å². The van der Waals surface area contributed by atoms with E-state index in [0.29, 0.717) is 13.1 Å². The molecule has 1 aromatic rings. The van der Waals surface area contributed by atoms with Crippen molar-refractivity contribution in [2.24, 2.45) is 5.92 Å². The van der Waals surface area contributed by atoms with Crippen LogP contribution < -0.4 is 10.2 Å². The zero-order valence-electron chi connectivity index (χ0n) is 18.0. The van der Waals surface area contributed by atoms with Gasteiger partial charge in [0.25, 0.3) is 6.47 Å². The molecule has 1 fully saturated rings. The van der Waals surface area contributed by atoms with Crippen LogP contribution in [0.25, 0.3) is 0 Å². The van der Waals surface area contributed by atoms with Crippen LogP contribution in [0.3, 0.4) is 0 Å². The van der Waals surface area contributed by atoms with Crippen molar-refractivity contribution in [3.05, 3.63) is 24.0 Å². The van der Waals surface area contributed by atoms with E-state index >= 15 is 0 Å². The van der Waals surface area contributed by atoms with Crippen LogP contribution in [0.5, 0.6) is 0 Å². The first-order valence-electron chi connectivity index (χ1n) is 9.73. The summed E-state index contributed by atoms with van der Waals surface area (Å²) in [5, 5.41) is 9.81. The minimum Gasteiger partial charge on any atom is -0.483 e. The van der Waals surface area contributed by atoms with Gasteiger partial charge < -0.3 is 25.1 Å². The number of anilines is 1. The van der Waals surface area contributed by atoms with Crippen LogP contribution in [-0.2, 0) is 9.59 Å². The number of hydrogen-bond donors (Lipinski definition) is 2. The first-order valence-corrected chi connectivity index (χ1v) is 9.73. The van der Waals surface area contributed by atoms with Gasteiger partial charge in [0, 0.05) is 57.9 Å². The van der Waals surface area contributed by atoms with E-state index in [9.17, 15) is 9.59 Å². The van der Waals surface area contributed by atoms with Gasteiger partial charge in [-0.15, -0.1) is 0 Å². The largest absolute Gasteiger partial charge is 0.483 e. The number of carboxylic acid groups (broad SMARTS) is 1. The number of nitrogens with zero attached hydrogens (tertiary/aromatic N) is 4. The molecule has 0 bridgehead atoms. The molecule has 0 radical (unpaired) electrons. The lowest BCUT2D eigenvalue weighted by Crippen LogP contribution is -2.53. The van der Waals surface area contributed by atoms with E-state index in [1.54, 1.807) is 14.1 Å². The Morgan fingerprint density at radius 2 is 1.90 bits per heavy atom. The van der Waals surface area contributed by atoms with Crippen molar-refractivity contribution in [2.45, 2.75) is 33.2 Å². The Balaban J connectivity index is 0.00000132. The molecule has 162 valence electrons. The Morgan fingerprint density at radius 1 is 1.24 bits per heavy atom. The highest BCUT2D eigenvalue weighted by Gasteiger charge is 2.28. The van der Waals surface area contributed by atoms with E-state index in [1.807, 2.05) is 37.9 Å². The summed E-state index contributed by atoms with van der Waals surface area (Å²) in [6.07, 6.45) is 2.71. The van der Waals surface area contributed by atoms with Crippen molar-refractivity contribution in [1.82, 2.24) is 20.1 Å². The fourth-order valence-corrected chi connectivity index (χ4v) is 3.12. The molecule has 9 nitrogen and oxygen atoms in total. The number of urea groups is 1. The summed E-state index contributed by atoms with van der Waals surface area (Å²) in [4.78, 5) is 43.3. The highest BCUT2D eigenvalue weighted by atomic mass is 16.3. The number of amides is 3. The van der Waals surface area contributed by atoms with E-state index in [2.05, 4.69) is 21.3 Å². The number of aryl methyl sites for hydroxylation is 1. The van der Waals surface area contributed by atoms with E-state index in [1.165, 1.54) is 4.90 Å². The Kier molecular flexibility index (Phi) is 9.91. The highest BCUT2D eigenvalue weighted by molar-refractivity contribution is 5.87. The second-order valence-electron chi connectivity index (χ2n) is 7.49. The van der Waals surface area contributed by atoms with Crippen molar-refractivity contribution < 1.29 is 19.5 Å². The van der Waals surface area contributed by atoms with Gasteiger partial charge in [-0.25, -0.2) is 4.79 Å². The molecule has 29 heavy (non-hydrogen) atoms. The molecule has 1 atom stereocenters. The summed E-state index contributed by atoms with van der Waals surface area (Å²) >= 11 is 0. The number of rotatable bonds is 4. The van der Waals surface area contributed by atoms with E-state index in [0.717, 1.165) is 30.9 Å². The van der Waals surface area contributed by atoms with Crippen LogP contribution in [-0.4, -0.2) is 84.6 Å². The lowest BCUT2D eigenvalue weighted by Gasteiger charge is -2.28. The quantitative estimate of drug-likeness (QED) is 0.732. The van der Waals surface area contributed by atoms with Crippen LogP contribution in [0.15, 0.2) is 18.3 Å². The number of carbonyl (C=O) groups excluding carboxylic acids is 2. The van der Waals surface area contributed by atoms with Gasteiger partial charge in [0.15, 0.2) is 0 Å². The molecule has 1 aliphatic rings. The van der Waals surface area contributed by atoms with Crippen molar-refractivity contribution >= 4 is 24.1 Å². The number of nitrogens with one attached hydrogen (secondary N) is 1. The fourth-order valence-electron chi connectivity index (χ4n) is 3.12. The van der Waals surface area contributed by atoms with Crippen molar-refractivity contribution in [1.29, 1.82) is 0 Å². The molecule has 2 heterocycles. The Bertz CT molecular complexity index is 681. The zero-order valence-corrected chi connectivity index (χ0v) is 18.0. The molecule has 2 N–H and O–H groups in total. The Hall–Kier alpha value is -2.84. The standard InChI is InChI=1S/C19H31N5O2.CH2O2/c1-14(2)17(18(25)22(4)5)21-19(26)24-10-6-9-23(11-12-24)16-7-8-20-15(3)13-16;2-1-3/h7-8,13-14,17H,6,9-12H2,1-5H3,(H,21,26);1H,(H,2,3). The van der Waals surface area contributed by atoms with E-state index in [-0.39, 0.29) is 24.3 Å². The third kappa shape index (κ3) is 7.59. The topological polar surface area (TPSA) is 106 Å². The summed E-state index contributed by atoms with van der Waals surface area (Å²) in [5.74, 6) is -0.0332. The summed E-state index contributed by atoms with van der Waals surface area (Å²) in [6.45, 7) is 8.61. The second kappa shape index (κ2) is 11.9. The zero-order chi connectivity index (χ0) is 22.0. The molecule has 0 saturated carbocycles. The third-order valence-electron chi connectivity index (χ3n) is 4.68. The first kappa shape index (κ1) is 24.2. The summed E-state index contributed by atoms with van der Waals surface area (Å²) < 4.78 is 0. The van der Waals surface area contributed by atoms with Gasteiger partial charge in [-0.2, -0.15) is 0 Å². The number of hydrogen-bond acceptors (Lipinski definition) is 5. The molecular weight excluding hydrogens is 374 g/mol. The maximum Gasteiger partial charge on any atom is 0.318 e. The minimum atomic E-state index is -0.500. The molecule has 0 spiro atoms. The SMILES string of the molecule is Cc1cc(N2CCCN(C(=O)NC(C(=O)N(C)C)C(C)C)CC2)ccn1.O=CO. The van der Waals surface area contributed by atoms with Gasteiger partial charge in [0.05, 0.1) is 0 Å². The summed E-state index contributed by atoms with van der Waals surface area (Å²) in [6, 6.07) is 3.42. The number of pyridine rings is 1. The van der Waals surface area contributed by atoms with E-state index < -0.39 is 6.04 Å². The highest BCUT2D eigenvalue weighted by Crippen LogP contribution is 2.17. The number of carbonyl (C=O) groups is 3. The second-order valence-corrected chi connectivity index (χ2v) is 7.49. The van der Waals surface area contributed by atoms with Gasteiger partial charge in [-0.3, -0.25) is 14.6 Å². The number of likely N-dealkylation sites (N-methyl/N-ethyl adjacent to an activating group) is 1. The first-order chi connectivity index (χ1) is 13.7. The molecule has 1 aliphatic heterocycles. The van der Waals surface area contributed by atoms with E-state index in [4.69, 9.17) is 9.90 Å². The van der Waals surface area contributed by atoms with Crippen molar-refractivity contribution in [2.75, 3.05) is 45.2 Å². The molecule has 1 saturated heterocycles. The monoisotopic (exact) mass is 407 g/mol. The lowest BCUT2D eigenvalue weighted by molar-refractivity contribution is -0.131. The minimum absolute atomic E-state index is 0.0390. The average Bonchev–Trinajstić information content (AvgIpc) is 2.92. The molecule has 3 amide bonds. The van der Waals surface area contributed by atoms with Crippen LogP contribution >= 0.6 is 0 Å². The molecular formula is C20H33N5O4. The van der Waals surface area contributed by atoms with Gasteiger partial charge in [0.1, 0.15) is 6.04 Å². The Labute approximate surface area is 172 Å². The van der Waals surface area contributed by atoms with Crippen molar-refractivity contribution in [3.8, 4) is 0 Å². The smallest absolute Gasteiger partial charge is 0.318 e.